The van der Waals surface area contributed by atoms with Crippen LogP contribution in [0.15, 0.2) is 24.3 Å². The van der Waals surface area contributed by atoms with Gasteiger partial charge in [-0.15, -0.1) is 0 Å². The van der Waals surface area contributed by atoms with E-state index < -0.39 is 5.60 Å². The average molecular weight is 332 g/mol. The van der Waals surface area contributed by atoms with Gasteiger partial charge in [0.05, 0.1) is 12.0 Å². The Bertz CT molecular complexity index is 575. The van der Waals surface area contributed by atoms with Crippen LogP contribution in [0.3, 0.4) is 0 Å². The van der Waals surface area contributed by atoms with E-state index in [4.69, 9.17) is 0 Å². The van der Waals surface area contributed by atoms with E-state index in [0.717, 1.165) is 18.4 Å². The summed E-state index contributed by atoms with van der Waals surface area (Å²) in [5.74, 6) is -0.105. The maximum Gasteiger partial charge on any atom is 0.227 e. The van der Waals surface area contributed by atoms with Crippen molar-refractivity contribution >= 4 is 17.5 Å². The Morgan fingerprint density at radius 1 is 1.21 bits per heavy atom. The summed E-state index contributed by atoms with van der Waals surface area (Å²) in [6.07, 6.45) is 3.53. The number of nitrogens with zero attached hydrogens (tertiary/aromatic N) is 1. The van der Waals surface area contributed by atoms with Crippen molar-refractivity contribution in [3.63, 3.8) is 0 Å². The third-order valence-corrected chi connectivity index (χ3v) is 4.64. The van der Waals surface area contributed by atoms with E-state index >= 15 is 0 Å². The third kappa shape index (κ3) is 5.06. The lowest BCUT2D eigenvalue weighted by molar-refractivity contribution is -0.131. The normalized spacial score (nSPS) is 16.2. The Kier molecular flexibility index (Phi) is 5.99. The van der Waals surface area contributed by atoms with E-state index in [9.17, 15) is 14.7 Å². The fourth-order valence-corrected chi connectivity index (χ4v) is 3.26. The first kappa shape index (κ1) is 18.5. The van der Waals surface area contributed by atoms with E-state index in [-0.39, 0.29) is 24.3 Å². The summed E-state index contributed by atoms with van der Waals surface area (Å²) >= 11 is 0. The van der Waals surface area contributed by atoms with Gasteiger partial charge in [-0.2, -0.15) is 0 Å². The molecule has 0 spiro atoms. The molecule has 1 saturated carbocycles. The van der Waals surface area contributed by atoms with Gasteiger partial charge in [0, 0.05) is 25.2 Å². The Labute approximate surface area is 144 Å². The van der Waals surface area contributed by atoms with Crippen LogP contribution < -0.4 is 5.32 Å². The molecule has 0 aromatic heterocycles. The van der Waals surface area contributed by atoms with Crippen LogP contribution in [-0.4, -0.2) is 33.5 Å². The molecule has 0 unspecified atom stereocenters. The lowest BCUT2D eigenvalue weighted by Crippen LogP contribution is -2.34. The van der Waals surface area contributed by atoms with Crippen molar-refractivity contribution in [2.45, 2.75) is 71.1 Å². The Hall–Kier alpha value is -1.88. The zero-order chi connectivity index (χ0) is 17.7. The van der Waals surface area contributed by atoms with Gasteiger partial charge in [0.25, 0.3) is 0 Å². The van der Waals surface area contributed by atoms with Crippen molar-refractivity contribution < 1.29 is 14.7 Å². The molecule has 0 bridgehead atoms. The smallest absolute Gasteiger partial charge is 0.227 e. The summed E-state index contributed by atoms with van der Waals surface area (Å²) < 4.78 is 0. The van der Waals surface area contributed by atoms with Gasteiger partial charge in [-0.3, -0.25) is 9.59 Å². The molecule has 0 heterocycles. The van der Waals surface area contributed by atoms with E-state index in [1.807, 2.05) is 38.1 Å². The Morgan fingerprint density at radius 2 is 1.79 bits per heavy atom. The highest BCUT2D eigenvalue weighted by Crippen LogP contribution is 2.32. The summed E-state index contributed by atoms with van der Waals surface area (Å²) in [5.41, 5.74) is 0.902. The van der Waals surface area contributed by atoms with Gasteiger partial charge in [-0.1, -0.05) is 25.0 Å². The zero-order valence-electron chi connectivity index (χ0n) is 14.8. The fourth-order valence-electron chi connectivity index (χ4n) is 3.26. The Balaban J connectivity index is 1.91. The fraction of sp³-hybridized carbons (Fsp3) is 0.579. The first-order chi connectivity index (χ1) is 11.3. The van der Waals surface area contributed by atoms with Crippen LogP contribution in [0.25, 0.3) is 0 Å². The molecule has 24 heavy (non-hydrogen) atoms. The topological polar surface area (TPSA) is 69.6 Å². The van der Waals surface area contributed by atoms with Crippen molar-refractivity contribution in [2.75, 3.05) is 5.32 Å². The maximum atomic E-state index is 12.1. The van der Waals surface area contributed by atoms with E-state index in [1.165, 1.54) is 0 Å². The molecule has 0 radical (unpaired) electrons. The second kappa shape index (κ2) is 7.79. The monoisotopic (exact) mass is 332 g/mol. The number of hydrogen-bond acceptors (Lipinski definition) is 3. The highest BCUT2D eigenvalue weighted by atomic mass is 16.3. The molecule has 1 fully saturated rings. The lowest BCUT2D eigenvalue weighted by atomic mass is 9.97. The molecule has 132 valence electrons. The number of nitrogens with one attached hydrogen (secondary N) is 1. The van der Waals surface area contributed by atoms with Crippen molar-refractivity contribution in [1.82, 2.24) is 4.90 Å². The highest BCUT2D eigenvalue weighted by molar-refractivity contribution is 5.91. The molecular weight excluding hydrogens is 304 g/mol. The average Bonchev–Trinajstić information content (AvgIpc) is 2.91. The van der Waals surface area contributed by atoms with E-state index in [1.54, 1.807) is 11.8 Å². The number of aliphatic hydroxyl groups is 1. The minimum atomic E-state index is -0.830. The van der Waals surface area contributed by atoms with E-state index in [2.05, 4.69) is 5.32 Å². The standard InChI is InChI=1S/C19H28N2O3/c1-14(2)21(15(3)22)13-16-6-8-17(9-7-16)20-18(23)12-19(24)10-4-5-11-19/h6-9,14,24H,4-5,10-13H2,1-3H3,(H,20,23). The molecule has 0 saturated heterocycles. The number of rotatable bonds is 6. The minimum Gasteiger partial charge on any atom is -0.389 e. The molecule has 2 N–H and O–H groups in total. The van der Waals surface area contributed by atoms with Crippen LogP contribution in [-0.2, 0) is 16.1 Å². The van der Waals surface area contributed by atoms with Gasteiger partial charge in [0.2, 0.25) is 11.8 Å². The van der Waals surface area contributed by atoms with Gasteiger partial charge in [0.1, 0.15) is 0 Å². The quantitative estimate of drug-likeness (QED) is 0.841. The van der Waals surface area contributed by atoms with Gasteiger partial charge < -0.3 is 15.3 Å². The predicted octanol–water partition coefficient (Wildman–Crippen LogP) is 3.08. The van der Waals surface area contributed by atoms with Crippen molar-refractivity contribution in [1.29, 1.82) is 0 Å². The third-order valence-electron chi connectivity index (χ3n) is 4.64. The maximum absolute atomic E-state index is 12.1. The van der Waals surface area contributed by atoms with E-state index in [0.29, 0.717) is 25.1 Å². The molecule has 1 aliphatic rings. The highest BCUT2D eigenvalue weighted by Gasteiger charge is 2.33. The largest absolute Gasteiger partial charge is 0.389 e. The first-order valence-electron chi connectivity index (χ1n) is 8.67. The van der Waals surface area contributed by atoms with Crippen LogP contribution in [0, 0.1) is 0 Å². The zero-order valence-corrected chi connectivity index (χ0v) is 14.8. The summed E-state index contributed by atoms with van der Waals surface area (Å²) in [6.45, 7) is 6.11. The van der Waals surface area contributed by atoms with Gasteiger partial charge >= 0.3 is 0 Å². The summed E-state index contributed by atoms with van der Waals surface area (Å²) in [7, 11) is 0. The molecule has 1 aromatic rings. The molecular formula is C19H28N2O3. The minimum absolute atomic E-state index is 0.0483. The molecule has 1 aliphatic carbocycles. The van der Waals surface area contributed by atoms with Gasteiger partial charge in [0.15, 0.2) is 0 Å². The number of benzene rings is 1. The molecule has 0 aliphatic heterocycles. The van der Waals surface area contributed by atoms with Crippen LogP contribution in [0.4, 0.5) is 5.69 Å². The number of amides is 2. The number of carbonyl (C=O) groups is 2. The van der Waals surface area contributed by atoms with Crippen LogP contribution in [0.5, 0.6) is 0 Å². The van der Waals surface area contributed by atoms with Crippen LogP contribution >= 0.6 is 0 Å². The van der Waals surface area contributed by atoms with Crippen LogP contribution in [0.1, 0.15) is 58.4 Å². The van der Waals surface area contributed by atoms with Crippen molar-refractivity contribution in [2.24, 2.45) is 0 Å². The number of hydrogen-bond donors (Lipinski definition) is 2. The summed E-state index contributed by atoms with van der Waals surface area (Å²) in [6, 6.07) is 7.65. The lowest BCUT2D eigenvalue weighted by Gasteiger charge is -2.25. The molecule has 2 rings (SSSR count). The van der Waals surface area contributed by atoms with Crippen LogP contribution in [0.2, 0.25) is 0 Å². The number of carbonyl (C=O) groups excluding carboxylic acids is 2. The summed E-state index contributed by atoms with van der Waals surface area (Å²) in [5, 5.41) is 13.1. The second-order valence-electron chi connectivity index (χ2n) is 7.09. The molecule has 2 amide bonds. The second-order valence-corrected chi connectivity index (χ2v) is 7.09. The SMILES string of the molecule is CC(=O)N(Cc1ccc(NC(=O)CC2(O)CCCC2)cc1)C(C)C. The molecule has 5 nitrogen and oxygen atoms in total. The van der Waals surface area contributed by atoms with Crippen molar-refractivity contribution in [3.05, 3.63) is 29.8 Å². The molecule has 1 aromatic carbocycles. The first-order valence-corrected chi connectivity index (χ1v) is 8.67. The molecule has 5 heteroatoms. The Morgan fingerprint density at radius 3 is 2.29 bits per heavy atom. The van der Waals surface area contributed by atoms with Gasteiger partial charge in [-0.05, 0) is 44.4 Å². The predicted molar refractivity (Wildman–Crippen MR) is 94.5 cm³/mol. The number of anilines is 1. The molecule has 0 atom stereocenters. The van der Waals surface area contributed by atoms with Gasteiger partial charge in [-0.25, -0.2) is 0 Å². The van der Waals surface area contributed by atoms with Crippen molar-refractivity contribution in [3.8, 4) is 0 Å². The summed E-state index contributed by atoms with van der Waals surface area (Å²) in [4.78, 5) is 25.5.